The van der Waals surface area contributed by atoms with Crippen LogP contribution in [0.2, 0.25) is 10.2 Å². The molecule has 0 fully saturated rings. The van der Waals surface area contributed by atoms with Gasteiger partial charge in [0.15, 0.2) is 5.15 Å². The van der Waals surface area contributed by atoms with Crippen molar-refractivity contribution in [2.24, 2.45) is 5.14 Å². The summed E-state index contributed by atoms with van der Waals surface area (Å²) < 4.78 is 35.4. The summed E-state index contributed by atoms with van der Waals surface area (Å²) in [6.45, 7) is 0. The fraction of sp³-hybridized carbons (Fsp3) is 0.143. The molecule has 132 valence electrons. The van der Waals surface area contributed by atoms with Crippen molar-refractivity contribution in [3.05, 3.63) is 34.6 Å². The number of ether oxygens (including phenoxy) is 2. The maximum absolute atomic E-state index is 11.9. The Hall–Kier alpha value is -2.07. The quantitative estimate of drug-likeness (QED) is 0.670. The molecule has 25 heavy (non-hydrogen) atoms. The fourth-order valence-corrected chi connectivity index (χ4v) is 3.50. The predicted octanol–water partition coefficient (Wildman–Crippen LogP) is 2.39. The number of methoxy groups -OCH3 is 2. The number of hydrogen-bond acceptors (Lipinski definition) is 6. The third-order valence-corrected chi connectivity index (χ3v) is 4.86. The first-order valence-electron chi connectivity index (χ1n) is 6.75. The molecule has 11 heteroatoms. The van der Waals surface area contributed by atoms with Crippen LogP contribution < -0.4 is 14.6 Å². The number of primary sulfonamides is 1. The van der Waals surface area contributed by atoms with Crippen molar-refractivity contribution in [2.45, 2.75) is 4.90 Å². The number of nitrogens with two attached hydrogens (primary N) is 1. The van der Waals surface area contributed by atoms with Crippen LogP contribution in [0.5, 0.6) is 11.6 Å². The Morgan fingerprint density at radius 3 is 2.48 bits per heavy atom. The highest BCUT2D eigenvalue weighted by Crippen LogP contribution is 2.34. The van der Waals surface area contributed by atoms with E-state index in [1.165, 1.54) is 25.0 Å². The van der Waals surface area contributed by atoms with Crippen molar-refractivity contribution in [1.29, 1.82) is 0 Å². The van der Waals surface area contributed by atoms with Crippen LogP contribution >= 0.6 is 23.2 Å². The Bertz CT molecular complexity index is 1080. The van der Waals surface area contributed by atoms with E-state index < -0.39 is 10.0 Å². The standard InChI is InChI=1S/C14H12Cl2N4O4S/c1-23-11-12(16)18-14(19-13(11)24-2)20-6-10(25(17,21)22)8-4-3-7(15)5-9(8)20/h3-6H,1-2H3,(H2,17,21,22). The smallest absolute Gasteiger partial charge is 0.263 e. The fourth-order valence-electron chi connectivity index (χ4n) is 2.37. The first kappa shape index (κ1) is 17.7. The van der Waals surface area contributed by atoms with E-state index in [9.17, 15) is 8.42 Å². The van der Waals surface area contributed by atoms with Gasteiger partial charge in [0.1, 0.15) is 4.90 Å². The van der Waals surface area contributed by atoms with Gasteiger partial charge in [-0.3, -0.25) is 4.57 Å². The molecule has 3 rings (SSSR count). The summed E-state index contributed by atoms with van der Waals surface area (Å²) in [5.74, 6) is 0.331. The summed E-state index contributed by atoms with van der Waals surface area (Å²) in [4.78, 5) is 8.25. The summed E-state index contributed by atoms with van der Waals surface area (Å²) in [5, 5.41) is 6.08. The number of aromatic nitrogens is 3. The van der Waals surface area contributed by atoms with Crippen molar-refractivity contribution < 1.29 is 17.9 Å². The lowest BCUT2D eigenvalue weighted by Crippen LogP contribution is -2.11. The second kappa shape index (κ2) is 6.34. The van der Waals surface area contributed by atoms with E-state index in [4.69, 9.17) is 37.8 Å². The maximum atomic E-state index is 11.9. The monoisotopic (exact) mass is 402 g/mol. The van der Waals surface area contributed by atoms with Crippen molar-refractivity contribution in [1.82, 2.24) is 14.5 Å². The molecule has 0 radical (unpaired) electrons. The van der Waals surface area contributed by atoms with Crippen LogP contribution in [-0.4, -0.2) is 37.2 Å². The Morgan fingerprint density at radius 2 is 1.88 bits per heavy atom. The van der Waals surface area contributed by atoms with Gasteiger partial charge < -0.3 is 9.47 Å². The Labute approximate surface area is 153 Å². The molecule has 2 N–H and O–H groups in total. The van der Waals surface area contributed by atoms with Gasteiger partial charge in [-0.2, -0.15) is 9.97 Å². The molecule has 0 atom stereocenters. The number of fused-ring (bicyclic) bond motifs is 1. The van der Waals surface area contributed by atoms with Crippen LogP contribution in [0.1, 0.15) is 0 Å². The lowest BCUT2D eigenvalue weighted by molar-refractivity contribution is 0.340. The molecule has 0 bridgehead atoms. The molecular weight excluding hydrogens is 391 g/mol. The number of sulfonamides is 1. The van der Waals surface area contributed by atoms with Gasteiger partial charge in [-0.05, 0) is 18.2 Å². The molecule has 0 aliphatic carbocycles. The highest BCUT2D eigenvalue weighted by Gasteiger charge is 2.22. The molecule has 0 amide bonds. The van der Waals surface area contributed by atoms with Crippen molar-refractivity contribution >= 4 is 44.1 Å². The van der Waals surface area contributed by atoms with Crippen molar-refractivity contribution in [3.63, 3.8) is 0 Å². The van der Waals surface area contributed by atoms with E-state index in [1.807, 2.05) is 0 Å². The lowest BCUT2D eigenvalue weighted by Gasteiger charge is -2.10. The van der Waals surface area contributed by atoms with E-state index in [-0.39, 0.29) is 27.6 Å². The second-order valence-electron chi connectivity index (χ2n) is 4.93. The largest absolute Gasteiger partial charge is 0.489 e. The molecule has 0 aliphatic heterocycles. The van der Waals surface area contributed by atoms with Crippen LogP contribution in [-0.2, 0) is 10.0 Å². The minimum Gasteiger partial charge on any atom is -0.489 e. The predicted molar refractivity (Wildman–Crippen MR) is 93.4 cm³/mol. The molecule has 2 heterocycles. The van der Waals surface area contributed by atoms with Crippen LogP contribution in [0.3, 0.4) is 0 Å². The van der Waals surface area contributed by atoms with Crippen molar-refractivity contribution in [3.8, 4) is 17.6 Å². The summed E-state index contributed by atoms with van der Waals surface area (Å²) in [6, 6.07) is 4.68. The van der Waals surface area contributed by atoms with E-state index in [0.29, 0.717) is 15.9 Å². The maximum Gasteiger partial charge on any atom is 0.263 e. The SMILES string of the molecule is COc1nc(-n2cc(S(N)(=O)=O)c3ccc(Cl)cc32)nc(Cl)c1OC. The Balaban J connectivity index is 2.37. The highest BCUT2D eigenvalue weighted by molar-refractivity contribution is 7.89. The highest BCUT2D eigenvalue weighted by atomic mass is 35.5. The third-order valence-electron chi connectivity index (χ3n) is 3.43. The Morgan fingerprint density at radius 1 is 1.16 bits per heavy atom. The minimum atomic E-state index is -3.98. The molecule has 0 aliphatic rings. The molecule has 0 saturated heterocycles. The molecule has 0 unspecified atom stereocenters. The zero-order valence-electron chi connectivity index (χ0n) is 13.0. The van der Waals surface area contributed by atoms with Gasteiger partial charge in [0.05, 0.1) is 19.7 Å². The van der Waals surface area contributed by atoms with E-state index in [2.05, 4.69) is 9.97 Å². The third kappa shape index (κ3) is 3.11. The lowest BCUT2D eigenvalue weighted by atomic mass is 10.2. The van der Waals surface area contributed by atoms with Gasteiger partial charge in [0, 0.05) is 16.6 Å². The van der Waals surface area contributed by atoms with Gasteiger partial charge in [-0.15, -0.1) is 0 Å². The molecule has 1 aromatic carbocycles. The van der Waals surface area contributed by atoms with Gasteiger partial charge in [-0.25, -0.2) is 13.6 Å². The first-order valence-corrected chi connectivity index (χ1v) is 9.05. The normalized spacial score (nSPS) is 11.7. The van der Waals surface area contributed by atoms with E-state index in [1.54, 1.807) is 18.2 Å². The molecule has 3 aromatic rings. The Kier molecular flexibility index (Phi) is 4.50. The minimum absolute atomic E-state index is 0.00498. The molecular formula is C14H12Cl2N4O4S. The van der Waals surface area contributed by atoms with E-state index in [0.717, 1.165) is 0 Å². The average Bonchev–Trinajstić information content (AvgIpc) is 2.92. The molecule has 2 aromatic heterocycles. The number of rotatable bonds is 4. The topological polar surface area (TPSA) is 109 Å². The van der Waals surface area contributed by atoms with Crippen LogP contribution in [0.4, 0.5) is 0 Å². The summed E-state index contributed by atoms with van der Waals surface area (Å²) in [7, 11) is -1.18. The zero-order chi connectivity index (χ0) is 18.4. The van der Waals surface area contributed by atoms with E-state index >= 15 is 0 Å². The summed E-state index contributed by atoms with van der Waals surface area (Å²) in [5.41, 5.74) is 0.444. The first-order chi connectivity index (χ1) is 11.8. The van der Waals surface area contributed by atoms with Gasteiger partial charge >= 0.3 is 0 Å². The number of halogens is 2. The van der Waals surface area contributed by atoms with Gasteiger partial charge in [0.25, 0.3) is 5.88 Å². The number of benzene rings is 1. The summed E-state index contributed by atoms with van der Waals surface area (Å²) in [6.07, 6.45) is 1.30. The average molecular weight is 403 g/mol. The number of hydrogen-bond donors (Lipinski definition) is 1. The molecule has 0 spiro atoms. The van der Waals surface area contributed by atoms with Gasteiger partial charge in [-0.1, -0.05) is 23.2 Å². The van der Waals surface area contributed by atoms with Crippen LogP contribution in [0.15, 0.2) is 29.3 Å². The zero-order valence-corrected chi connectivity index (χ0v) is 15.4. The van der Waals surface area contributed by atoms with Crippen molar-refractivity contribution in [2.75, 3.05) is 14.2 Å². The van der Waals surface area contributed by atoms with Crippen LogP contribution in [0, 0.1) is 0 Å². The van der Waals surface area contributed by atoms with Crippen LogP contribution in [0.25, 0.3) is 16.9 Å². The number of nitrogens with zero attached hydrogens (tertiary/aromatic N) is 3. The second-order valence-corrected chi connectivity index (χ2v) is 7.25. The molecule has 0 saturated carbocycles. The van der Waals surface area contributed by atoms with Gasteiger partial charge in [0.2, 0.25) is 21.7 Å². The summed E-state index contributed by atoms with van der Waals surface area (Å²) >= 11 is 12.1. The molecule has 8 nitrogen and oxygen atoms in total.